The van der Waals surface area contributed by atoms with Crippen LogP contribution in [-0.2, 0) is 9.47 Å². The van der Waals surface area contributed by atoms with Crippen molar-refractivity contribution in [1.82, 2.24) is 0 Å². The van der Waals surface area contributed by atoms with E-state index < -0.39 is 19.2 Å². The van der Waals surface area contributed by atoms with Gasteiger partial charge in [0.15, 0.2) is 0 Å². The number of hydrogen-bond acceptors (Lipinski definition) is 2. The largest absolute Gasteiger partial charge is 0.371 e. The number of ether oxygens (including phenoxy) is 2. The summed E-state index contributed by atoms with van der Waals surface area (Å²) >= 11 is 0. The van der Waals surface area contributed by atoms with Gasteiger partial charge in [0.25, 0.3) is 0 Å². The predicted molar refractivity (Wildman–Crippen MR) is 31.2 cm³/mol. The van der Waals surface area contributed by atoms with Crippen LogP contribution >= 0.6 is 0 Å². The Morgan fingerprint density at radius 1 is 1.55 bits per heavy atom. The lowest BCUT2D eigenvalue weighted by molar-refractivity contribution is -0.244. The highest BCUT2D eigenvalue weighted by atomic mass is 19.3. The van der Waals surface area contributed by atoms with Crippen LogP contribution in [0, 0.1) is 0 Å². The van der Waals surface area contributed by atoms with Crippen LogP contribution in [0.3, 0.4) is 0 Å². The number of rotatable bonds is 5. The summed E-state index contributed by atoms with van der Waals surface area (Å²) in [6.07, 6.45) is -4.42. The van der Waals surface area contributed by atoms with Gasteiger partial charge in [-0.05, 0) is 0 Å². The van der Waals surface area contributed by atoms with Crippen molar-refractivity contribution in [3.63, 3.8) is 0 Å². The van der Waals surface area contributed by atoms with E-state index in [0.29, 0.717) is 6.61 Å². The van der Waals surface area contributed by atoms with E-state index in [4.69, 9.17) is 0 Å². The van der Waals surface area contributed by atoms with Crippen molar-refractivity contribution < 1.29 is 22.6 Å². The minimum atomic E-state index is -3.33. The van der Waals surface area contributed by atoms with Crippen LogP contribution in [-0.4, -0.2) is 32.1 Å². The van der Waals surface area contributed by atoms with Crippen molar-refractivity contribution in [3.8, 4) is 0 Å². The second kappa shape index (κ2) is 3.40. The standard InChI is InChI=1S/C6H9F3O2/c7-2-1-6(8,9)11-4-5-3-10-5/h5H,1-4H2. The zero-order valence-corrected chi connectivity index (χ0v) is 5.86. The highest BCUT2D eigenvalue weighted by molar-refractivity contribution is 4.68. The lowest BCUT2D eigenvalue weighted by Gasteiger charge is -2.13. The van der Waals surface area contributed by atoms with Gasteiger partial charge in [0.2, 0.25) is 0 Å². The molecule has 0 aromatic carbocycles. The smallest absolute Gasteiger partial charge is 0.358 e. The minimum Gasteiger partial charge on any atom is -0.371 e. The van der Waals surface area contributed by atoms with Gasteiger partial charge in [0.1, 0.15) is 6.10 Å². The molecule has 2 nitrogen and oxygen atoms in total. The second-order valence-corrected chi connectivity index (χ2v) is 2.34. The lowest BCUT2D eigenvalue weighted by atomic mass is 10.4. The molecule has 1 atom stereocenters. The fourth-order valence-corrected chi connectivity index (χ4v) is 0.561. The molecule has 0 aromatic heterocycles. The van der Waals surface area contributed by atoms with Crippen LogP contribution in [0.4, 0.5) is 13.2 Å². The van der Waals surface area contributed by atoms with Gasteiger partial charge in [0, 0.05) is 0 Å². The third-order valence-electron chi connectivity index (χ3n) is 1.27. The first-order valence-electron chi connectivity index (χ1n) is 3.33. The van der Waals surface area contributed by atoms with Crippen molar-refractivity contribution in [3.05, 3.63) is 0 Å². The van der Waals surface area contributed by atoms with Crippen LogP contribution in [0.5, 0.6) is 0 Å². The Bertz CT molecular complexity index is 125. The Labute approximate surface area is 62.3 Å². The number of alkyl halides is 3. The highest BCUT2D eigenvalue weighted by Gasteiger charge is 2.33. The van der Waals surface area contributed by atoms with E-state index in [1.807, 2.05) is 0 Å². The maximum Gasteiger partial charge on any atom is 0.358 e. The number of halogens is 3. The van der Waals surface area contributed by atoms with E-state index in [-0.39, 0.29) is 12.7 Å². The van der Waals surface area contributed by atoms with E-state index in [0.717, 1.165) is 0 Å². The molecule has 1 saturated heterocycles. The van der Waals surface area contributed by atoms with Crippen LogP contribution < -0.4 is 0 Å². The summed E-state index contributed by atoms with van der Waals surface area (Å²) in [6.45, 7) is -0.753. The average molecular weight is 170 g/mol. The SMILES string of the molecule is FCCC(F)(F)OCC1CO1. The van der Waals surface area contributed by atoms with E-state index in [1.165, 1.54) is 0 Å². The second-order valence-electron chi connectivity index (χ2n) is 2.34. The van der Waals surface area contributed by atoms with Gasteiger partial charge in [-0.1, -0.05) is 0 Å². The quantitative estimate of drug-likeness (QED) is 0.581. The van der Waals surface area contributed by atoms with Gasteiger partial charge in [-0.25, -0.2) is 0 Å². The molecule has 1 aliphatic heterocycles. The van der Waals surface area contributed by atoms with E-state index in [1.54, 1.807) is 0 Å². The van der Waals surface area contributed by atoms with Crippen LogP contribution in [0.1, 0.15) is 6.42 Å². The van der Waals surface area contributed by atoms with Crippen molar-refractivity contribution >= 4 is 0 Å². The normalized spacial score (nSPS) is 23.7. The third-order valence-corrected chi connectivity index (χ3v) is 1.27. The first-order chi connectivity index (χ1) is 5.14. The van der Waals surface area contributed by atoms with Gasteiger partial charge in [-0.15, -0.1) is 0 Å². The molecule has 0 saturated carbocycles. The van der Waals surface area contributed by atoms with Crippen molar-refractivity contribution in [1.29, 1.82) is 0 Å². The maximum absolute atomic E-state index is 12.3. The van der Waals surface area contributed by atoms with E-state index in [2.05, 4.69) is 9.47 Å². The highest BCUT2D eigenvalue weighted by Crippen LogP contribution is 2.22. The fraction of sp³-hybridized carbons (Fsp3) is 1.00. The molecule has 0 amide bonds. The van der Waals surface area contributed by atoms with Gasteiger partial charge < -0.3 is 9.47 Å². The molecule has 1 rings (SSSR count). The van der Waals surface area contributed by atoms with Gasteiger partial charge in [-0.3, -0.25) is 4.39 Å². The Hall–Kier alpha value is -0.290. The Morgan fingerprint density at radius 2 is 2.18 bits per heavy atom. The summed E-state index contributed by atoms with van der Waals surface area (Å²) in [4.78, 5) is 0. The summed E-state index contributed by atoms with van der Waals surface area (Å²) in [5.74, 6) is 0. The molecule has 1 heterocycles. The maximum atomic E-state index is 12.3. The summed E-state index contributed by atoms with van der Waals surface area (Å²) in [6, 6.07) is 0. The zero-order valence-electron chi connectivity index (χ0n) is 5.86. The number of hydrogen-bond donors (Lipinski definition) is 0. The molecule has 66 valence electrons. The predicted octanol–water partition coefficient (Wildman–Crippen LogP) is 1.35. The Morgan fingerprint density at radius 3 is 2.64 bits per heavy atom. The zero-order chi connectivity index (χ0) is 8.32. The topological polar surface area (TPSA) is 21.8 Å². The van der Waals surface area contributed by atoms with E-state index in [9.17, 15) is 13.2 Å². The molecule has 0 bridgehead atoms. The van der Waals surface area contributed by atoms with Crippen LogP contribution in [0.15, 0.2) is 0 Å². The van der Waals surface area contributed by atoms with Gasteiger partial charge >= 0.3 is 6.11 Å². The summed E-state index contributed by atoms with van der Waals surface area (Å²) in [7, 11) is 0. The molecule has 0 spiro atoms. The molecular formula is C6H9F3O2. The summed E-state index contributed by atoms with van der Waals surface area (Å²) < 4.78 is 44.8. The van der Waals surface area contributed by atoms with E-state index >= 15 is 0 Å². The van der Waals surface area contributed by atoms with Gasteiger partial charge in [-0.2, -0.15) is 8.78 Å². The summed E-state index contributed by atoms with van der Waals surface area (Å²) in [5.41, 5.74) is 0. The van der Waals surface area contributed by atoms with Crippen molar-refractivity contribution in [2.75, 3.05) is 19.9 Å². The molecule has 1 fully saturated rings. The fourth-order valence-electron chi connectivity index (χ4n) is 0.561. The van der Waals surface area contributed by atoms with Gasteiger partial charge in [0.05, 0.1) is 26.3 Å². The van der Waals surface area contributed by atoms with Crippen molar-refractivity contribution in [2.24, 2.45) is 0 Å². The van der Waals surface area contributed by atoms with Crippen LogP contribution in [0.25, 0.3) is 0 Å². The molecule has 1 unspecified atom stereocenters. The average Bonchev–Trinajstić information content (AvgIpc) is 2.65. The Kier molecular flexibility index (Phi) is 2.72. The summed E-state index contributed by atoms with van der Waals surface area (Å²) in [5, 5.41) is 0. The molecular weight excluding hydrogens is 161 g/mol. The molecule has 0 radical (unpaired) electrons. The molecule has 11 heavy (non-hydrogen) atoms. The molecule has 0 aromatic rings. The molecule has 0 aliphatic carbocycles. The minimum absolute atomic E-state index is 0.146. The first-order valence-corrected chi connectivity index (χ1v) is 3.33. The monoisotopic (exact) mass is 170 g/mol. The van der Waals surface area contributed by atoms with Crippen molar-refractivity contribution in [2.45, 2.75) is 18.6 Å². The van der Waals surface area contributed by atoms with Crippen LogP contribution in [0.2, 0.25) is 0 Å². The first kappa shape index (κ1) is 8.80. The molecule has 5 heteroatoms. The number of epoxide rings is 1. The third kappa shape index (κ3) is 3.57. The molecule has 1 aliphatic rings. The molecule has 0 N–H and O–H groups in total. The Balaban J connectivity index is 2.09. The lowest BCUT2D eigenvalue weighted by Crippen LogP contribution is -2.23.